The first kappa shape index (κ1) is 14.0. The molecule has 0 bridgehead atoms. The molecule has 0 unspecified atom stereocenters. The summed E-state index contributed by atoms with van der Waals surface area (Å²) < 4.78 is 1.84. The summed E-state index contributed by atoms with van der Waals surface area (Å²) in [5, 5.41) is 5.07. The summed E-state index contributed by atoms with van der Waals surface area (Å²) in [6.45, 7) is 6.37. The van der Waals surface area contributed by atoms with E-state index in [4.69, 9.17) is 17.4 Å². The number of thiophene rings is 1. The van der Waals surface area contributed by atoms with Crippen LogP contribution in [0.3, 0.4) is 0 Å². The number of nitrogens with zero attached hydrogens (tertiary/aromatic N) is 2. The zero-order valence-electron chi connectivity index (χ0n) is 11.0. The fraction of sp³-hybridized carbons (Fsp3) is 0.333. The van der Waals surface area contributed by atoms with Crippen molar-refractivity contribution in [3.8, 4) is 0 Å². The average Bonchev–Trinajstić information content (AvgIpc) is 2.86. The molecule has 2 aromatic rings. The first-order valence-corrected chi connectivity index (χ1v) is 6.93. The molecule has 0 spiro atoms. The molecule has 0 saturated carbocycles. The molecule has 0 radical (unpaired) electrons. The quantitative estimate of drug-likeness (QED) is 0.518. The van der Waals surface area contributed by atoms with E-state index in [9.17, 15) is 4.79 Å². The molecule has 19 heavy (non-hydrogen) atoms. The maximum Gasteiger partial charge on any atom is 0.275 e. The molecule has 0 aliphatic rings. The predicted molar refractivity (Wildman–Crippen MR) is 76.5 cm³/mol. The predicted octanol–water partition coefficient (Wildman–Crippen LogP) is 2.18. The van der Waals surface area contributed by atoms with Crippen LogP contribution in [0.4, 0.5) is 0 Å². The molecule has 2 rings (SSSR count). The number of amides is 1. The zero-order valence-corrected chi connectivity index (χ0v) is 12.5. The molecule has 0 fully saturated rings. The number of hydrogen-bond donors (Lipinski definition) is 2. The number of rotatable bonds is 3. The number of carbonyl (C=O) groups excluding carboxylic acids is 1. The highest BCUT2D eigenvalue weighted by molar-refractivity contribution is 7.14. The van der Waals surface area contributed by atoms with Crippen LogP contribution in [0.2, 0.25) is 5.02 Å². The smallest absolute Gasteiger partial charge is 0.275 e. The molecular weight excluding hydrogens is 284 g/mol. The van der Waals surface area contributed by atoms with Gasteiger partial charge >= 0.3 is 0 Å². The Morgan fingerprint density at radius 1 is 1.53 bits per heavy atom. The number of nitrogens with two attached hydrogens (primary N) is 1. The number of hydrazine groups is 1. The van der Waals surface area contributed by atoms with Crippen molar-refractivity contribution in [3.63, 3.8) is 0 Å². The monoisotopic (exact) mass is 298 g/mol. The van der Waals surface area contributed by atoms with Crippen molar-refractivity contribution >= 4 is 28.8 Å². The second kappa shape index (κ2) is 5.32. The Morgan fingerprint density at radius 3 is 2.74 bits per heavy atom. The van der Waals surface area contributed by atoms with Crippen LogP contribution in [0.5, 0.6) is 0 Å². The highest BCUT2D eigenvalue weighted by atomic mass is 35.5. The minimum Gasteiger partial charge on any atom is -0.289 e. The maximum absolute atomic E-state index is 11.5. The van der Waals surface area contributed by atoms with E-state index < -0.39 is 0 Å². The topological polar surface area (TPSA) is 72.9 Å². The van der Waals surface area contributed by atoms with Gasteiger partial charge in [-0.2, -0.15) is 5.10 Å². The molecular formula is C12H15ClN4OS. The van der Waals surface area contributed by atoms with Gasteiger partial charge in [0.25, 0.3) is 5.91 Å². The summed E-state index contributed by atoms with van der Waals surface area (Å²) in [6, 6.07) is 1.84. The molecule has 2 heterocycles. The molecule has 3 N–H and O–H groups in total. The minimum absolute atomic E-state index is 0.272. The Bertz CT molecular complexity index is 632. The van der Waals surface area contributed by atoms with Crippen molar-refractivity contribution in [2.24, 2.45) is 5.84 Å². The van der Waals surface area contributed by atoms with Crippen LogP contribution < -0.4 is 11.3 Å². The van der Waals surface area contributed by atoms with Gasteiger partial charge in [-0.05, 0) is 32.4 Å². The Hall–Kier alpha value is -1.37. The lowest BCUT2D eigenvalue weighted by Crippen LogP contribution is -2.29. The summed E-state index contributed by atoms with van der Waals surface area (Å²) in [5.41, 5.74) is 4.92. The fourth-order valence-corrected chi connectivity index (χ4v) is 2.92. The lowest BCUT2D eigenvalue weighted by molar-refractivity contribution is 0.0957. The van der Waals surface area contributed by atoms with Gasteiger partial charge in [0.15, 0.2) is 0 Å². The van der Waals surface area contributed by atoms with Crippen LogP contribution >= 0.6 is 22.9 Å². The third kappa shape index (κ3) is 2.65. The van der Waals surface area contributed by atoms with Crippen molar-refractivity contribution < 1.29 is 4.79 Å². The number of nitrogen functional groups attached to an aromatic ring is 1. The van der Waals surface area contributed by atoms with Crippen LogP contribution in [-0.4, -0.2) is 15.7 Å². The molecule has 0 aliphatic heterocycles. The third-order valence-corrected chi connectivity index (χ3v) is 4.63. The lowest BCUT2D eigenvalue weighted by atomic mass is 10.2. The van der Waals surface area contributed by atoms with E-state index in [-0.39, 0.29) is 5.91 Å². The second-order valence-corrected chi connectivity index (χ2v) is 5.94. The van der Waals surface area contributed by atoms with E-state index in [2.05, 4.69) is 10.5 Å². The van der Waals surface area contributed by atoms with Crippen LogP contribution in [0, 0.1) is 20.8 Å². The molecule has 1 amide bonds. The fourth-order valence-electron chi connectivity index (χ4n) is 1.85. The van der Waals surface area contributed by atoms with Gasteiger partial charge in [-0.3, -0.25) is 14.9 Å². The Morgan fingerprint density at radius 2 is 2.21 bits per heavy atom. The normalized spacial score (nSPS) is 10.8. The van der Waals surface area contributed by atoms with Crippen molar-refractivity contribution in [1.82, 2.24) is 15.2 Å². The highest BCUT2D eigenvalue weighted by Gasteiger charge is 2.14. The van der Waals surface area contributed by atoms with E-state index in [1.165, 1.54) is 11.3 Å². The molecule has 5 nitrogen and oxygen atoms in total. The van der Waals surface area contributed by atoms with Gasteiger partial charge in [0, 0.05) is 4.88 Å². The molecule has 102 valence electrons. The molecule has 2 aromatic heterocycles. The van der Waals surface area contributed by atoms with Crippen molar-refractivity contribution in [3.05, 3.63) is 37.8 Å². The van der Waals surface area contributed by atoms with E-state index in [0.717, 1.165) is 21.8 Å². The number of aryl methyl sites for hydroxylation is 2. The van der Waals surface area contributed by atoms with Crippen molar-refractivity contribution in [2.45, 2.75) is 27.3 Å². The number of nitrogens with one attached hydrogen (secondary N) is 1. The van der Waals surface area contributed by atoms with Gasteiger partial charge in [0.1, 0.15) is 0 Å². The molecule has 7 heteroatoms. The van der Waals surface area contributed by atoms with Gasteiger partial charge in [-0.1, -0.05) is 11.6 Å². The lowest BCUT2D eigenvalue weighted by Gasteiger charge is -2.03. The van der Waals surface area contributed by atoms with E-state index in [1.807, 2.05) is 31.5 Å². The van der Waals surface area contributed by atoms with Gasteiger partial charge in [0.2, 0.25) is 0 Å². The Labute approximate surface area is 120 Å². The molecule has 0 saturated heterocycles. The Kier molecular flexibility index (Phi) is 3.93. The Balaban J connectivity index is 2.31. The van der Waals surface area contributed by atoms with Gasteiger partial charge in [-0.15, -0.1) is 11.3 Å². The number of hydrogen-bond acceptors (Lipinski definition) is 4. The van der Waals surface area contributed by atoms with Crippen LogP contribution in [0.25, 0.3) is 0 Å². The summed E-state index contributed by atoms with van der Waals surface area (Å²) in [5.74, 6) is 4.86. The third-order valence-electron chi connectivity index (χ3n) is 2.99. The first-order valence-electron chi connectivity index (χ1n) is 5.73. The van der Waals surface area contributed by atoms with Gasteiger partial charge in [0.05, 0.1) is 27.8 Å². The summed E-state index contributed by atoms with van der Waals surface area (Å²) >= 11 is 7.54. The van der Waals surface area contributed by atoms with Gasteiger partial charge < -0.3 is 0 Å². The first-order chi connectivity index (χ1) is 8.93. The number of halogens is 1. The van der Waals surface area contributed by atoms with Crippen molar-refractivity contribution in [1.29, 1.82) is 0 Å². The standard InChI is InChI=1S/C12H15ClN4OS/c1-6-11(13)7(2)17(16-6)5-9-4-10(12(18)15-14)19-8(9)3/h4H,5,14H2,1-3H3,(H,15,18). The SMILES string of the molecule is Cc1nn(Cc2cc(C(=O)NN)sc2C)c(C)c1Cl. The number of carbonyl (C=O) groups is 1. The summed E-state index contributed by atoms with van der Waals surface area (Å²) in [6.07, 6.45) is 0. The van der Waals surface area contributed by atoms with E-state index >= 15 is 0 Å². The molecule has 0 aromatic carbocycles. The second-order valence-electron chi connectivity index (χ2n) is 4.31. The molecule has 0 aliphatic carbocycles. The van der Waals surface area contributed by atoms with E-state index in [1.54, 1.807) is 0 Å². The van der Waals surface area contributed by atoms with Crippen LogP contribution in [0.15, 0.2) is 6.07 Å². The number of aromatic nitrogens is 2. The van der Waals surface area contributed by atoms with Crippen LogP contribution in [0.1, 0.15) is 31.5 Å². The maximum atomic E-state index is 11.5. The highest BCUT2D eigenvalue weighted by Crippen LogP contribution is 2.25. The summed E-state index contributed by atoms with van der Waals surface area (Å²) in [7, 11) is 0. The van der Waals surface area contributed by atoms with Crippen molar-refractivity contribution in [2.75, 3.05) is 0 Å². The van der Waals surface area contributed by atoms with E-state index in [0.29, 0.717) is 16.4 Å². The molecule has 0 atom stereocenters. The largest absolute Gasteiger partial charge is 0.289 e. The van der Waals surface area contributed by atoms with Gasteiger partial charge in [-0.25, -0.2) is 5.84 Å². The minimum atomic E-state index is -0.272. The summed E-state index contributed by atoms with van der Waals surface area (Å²) in [4.78, 5) is 13.2. The zero-order chi connectivity index (χ0) is 14.2. The average molecular weight is 299 g/mol. The van der Waals surface area contributed by atoms with Crippen LogP contribution in [-0.2, 0) is 6.54 Å².